The molecule has 0 spiro atoms. The topological polar surface area (TPSA) is 65.8 Å². The molecule has 3 aromatic rings. The Kier molecular flexibility index (Phi) is 6.30. The zero-order chi connectivity index (χ0) is 20.9. The van der Waals surface area contributed by atoms with Crippen LogP contribution in [0.15, 0.2) is 64.6 Å². The van der Waals surface area contributed by atoms with Crippen LogP contribution >= 0.6 is 11.3 Å². The van der Waals surface area contributed by atoms with Gasteiger partial charge in [-0.15, -0.1) is 11.3 Å². The maximum atomic E-state index is 12.8. The van der Waals surface area contributed by atoms with Gasteiger partial charge in [0.25, 0.3) is 5.91 Å². The van der Waals surface area contributed by atoms with Crippen LogP contribution in [0, 0.1) is 6.92 Å². The van der Waals surface area contributed by atoms with Gasteiger partial charge in [0, 0.05) is 31.1 Å². The van der Waals surface area contributed by atoms with Crippen molar-refractivity contribution in [3.8, 4) is 0 Å². The van der Waals surface area contributed by atoms with Gasteiger partial charge >= 0.3 is 0 Å². The quantitative estimate of drug-likeness (QED) is 0.661. The van der Waals surface area contributed by atoms with E-state index in [2.05, 4.69) is 47.5 Å². The lowest BCUT2D eigenvalue weighted by Crippen LogP contribution is -2.51. The molecule has 3 heterocycles. The van der Waals surface area contributed by atoms with E-state index in [0.717, 1.165) is 10.4 Å². The van der Waals surface area contributed by atoms with E-state index in [-0.39, 0.29) is 17.9 Å². The van der Waals surface area contributed by atoms with Crippen molar-refractivity contribution in [1.82, 2.24) is 15.1 Å². The van der Waals surface area contributed by atoms with Crippen LogP contribution in [0.2, 0.25) is 0 Å². The molecular formula is C23H25N3O3S. The first-order valence-corrected chi connectivity index (χ1v) is 10.9. The average Bonchev–Trinajstić information content (AvgIpc) is 3.47. The summed E-state index contributed by atoms with van der Waals surface area (Å²) < 4.78 is 5.20. The van der Waals surface area contributed by atoms with Gasteiger partial charge < -0.3 is 14.6 Å². The number of nitrogens with zero attached hydrogens (tertiary/aromatic N) is 2. The fourth-order valence-electron chi connectivity index (χ4n) is 3.61. The molecule has 2 amide bonds. The van der Waals surface area contributed by atoms with Crippen molar-refractivity contribution in [3.63, 3.8) is 0 Å². The van der Waals surface area contributed by atoms with E-state index in [1.807, 2.05) is 11.4 Å². The molecule has 0 saturated carbocycles. The number of hydrogen-bond acceptors (Lipinski definition) is 5. The Morgan fingerprint density at radius 3 is 2.47 bits per heavy atom. The maximum Gasteiger partial charge on any atom is 0.289 e. The third-order valence-electron chi connectivity index (χ3n) is 5.30. The molecule has 1 atom stereocenters. The Labute approximate surface area is 180 Å². The lowest BCUT2D eigenvalue weighted by molar-refractivity contribution is -0.123. The van der Waals surface area contributed by atoms with Crippen LogP contribution in [0.1, 0.15) is 32.6 Å². The molecule has 2 aromatic heterocycles. The van der Waals surface area contributed by atoms with Gasteiger partial charge in [0.05, 0.1) is 18.8 Å². The predicted octanol–water partition coefficient (Wildman–Crippen LogP) is 3.31. The second-order valence-electron chi connectivity index (χ2n) is 7.47. The summed E-state index contributed by atoms with van der Waals surface area (Å²) in [5, 5.41) is 5.22. The molecule has 4 rings (SSSR count). The molecule has 1 saturated heterocycles. The molecule has 156 valence electrons. The Hall–Kier alpha value is -2.90. The SMILES string of the molecule is Cc1ccc(C(NC(=O)CN2CCN(C(=O)c3ccco3)CC2)c2cccs2)cc1. The zero-order valence-electron chi connectivity index (χ0n) is 16.9. The minimum atomic E-state index is -0.153. The Balaban J connectivity index is 1.34. The van der Waals surface area contributed by atoms with Crippen LogP contribution in [0.3, 0.4) is 0 Å². The average molecular weight is 424 g/mol. The summed E-state index contributed by atoms with van der Waals surface area (Å²) in [6.07, 6.45) is 1.51. The summed E-state index contributed by atoms with van der Waals surface area (Å²) in [6.45, 7) is 4.86. The van der Waals surface area contributed by atoms with Crippen LogP contribution < -0.4 is 5.32 Å². The van der Waals surface area contributed by atoms with Crippen LogP contribution in [0.4, 0.5) is 0 Å². The van der Waals surface area contributed by atoms with E-state index in [1.165, 1.54) is 11.8 Å². The third-order valence-corrected chi connectivity index (χ3v) is 6.24. The van der Waals surface area contributed by atoms with Gasteiger partial charge in [0.15, 0.2) is 5.76 Å². The number of carbonyl (C=O) groups excluding carboxylic acids is 2. The van der Waals surface area contributed by atoms with Crippen LogP contribution in [0.5, 0.6) is 0 Å². The first-order chi connectivity index (χ1) is 14.6. The normalized spacial score (nSPS) is 15.7. The molecule has 1 fully saturated rings. The fraction of sp³-hybridized carbons (Fsp3) is 0.304. The molecule has 1 aliphatic heterocycles. The highest BCUT2D eigenvalue weighted by molar-refractivity contribution is 7.10. The van der Waals surface area contributed by atoms with Gasteiger partial charge in [0.1, 0.15) is 0 Å². The maximum absolute atomic E-state index is 12.8. The van der Waals surface area contributed by atoms with Gasteiger partial charge in [-0.1, -0.05) is 35.9 Å². The number of carbonyl (C=O) groups is 2. The van der Waals surface area contributed by atoms with Crippen molar-refractivity contribution in [2.24, 2.45) is 0 Å². The lowest BCUT2D eigenvalue weighted by atomic mass is 10.0. The Morgan fingerprint density at radius 1 is 1.07 bits per heavy atom. The van der Waals surface area contributed by atoms with Gasteiger partial charge in [-0.25, -0.2) is 0 Å². The smallest absolute Gasteiger partial charge is 0.289 e. The number of aryl methyl sites for hydroxylation is 1. The number of rotatable bonds is 6. The predicted molar refractivity (Wildman–Crippen MR) is 117 cm³/mol. The van der Waals surface area contributed by atoms with E-state index < -0.39 is 0 Å². The van der Waals surface area contributed by atoms with Crippen LogP contribution in [0.25, 0.3) is 0 Å². The summed E-state index contributed by atoms with van der Waals surface area (Å²) in [4.78, 5) is 30.2. The fourth-order valence-corrected chi connectivity index (χ4v) is 4.41. The number of amides is 2. The molecule has 1 N–H and O–H groups in total. The van der Waals surface area contributed by atoms with Gasteiger partial charge in [-0.3, -0.25) is 14.5 Å². The zero-order valence-corrected chi connectivity index (χ0v) is 17.7. The molecule has 1 aliphatic rings. The van der Waals surface area contributed by atoms with Gasteiger partial charge in [-0.2, -0.15) is 0 Å². The Bertz CT molecular complexity index is 960. The molecule has 0 radical (unpaired) electrons. The van der Waals surface area contributed by atoms with Crippen LogP contribution in [-0.4, -0.2) is 54.3 Å². The van der Waals surface area contributed by atoms with Crippen molar-refractivity contribution in [3.05, 3.63) is 81.9 Å². The van der Waals surface area contributed by atoms with Gasteiger partial charge in [-0.05, 0) is 36.1 Å². The number of nitrogens with one attached hydrogen (secondary N) is 1. The monoisotopic (exact) mass is 423 g/mol. The first-order valence-electron chi connectivity index (χ1n) is 10.0. The van der Waals surface area contributed by atoms with Gasteiger partial charge in [0.2, 0.25) is 5.91 Å². The molecule has 0 bridgehead atoms. The second kappa shape index (κ2) is 9.28. The summed E-state index contributed by atoms with van der Waals surface area (Å²) >= 11 is 1.64. The van der Waals surface area contributed by atoms with Crippen molar-refractivity contribution in [2.75, 3.05) is 32.7 Å². The van der Waals surface area contributed by atoms with Crippen molar-refractivity contribution >= 4 is 23.2 Å². The van der Waals surface area contributed by atoms with Crippen molar-refractivity contribution in [2.45, 2.75) is 13.0 Å². The number of furan rings is 1. The number of thiophene rings is 1. The van der Waals surface area contributed by atoms with E-state index in [9.17, 15) is 9.59 Å². The van der Waals surface area contributed by atoms with Crippen molar-refractivity contribution in [1.29, 1.82) is 0 Å². The largest absolute Gasteiger partial charge is 0.459 e. The summed E-state index contributed by atoms with van der Waals surface area (Å²) in [6, 6.07) is 15.6. The minimum absolute atomic E-state index is 0.0141. The van der Waals surface area contributed by atoms with E-state index >= 15 is 0 Å². The molecule has 1 aromatic carbocycles. The highest BCUT2D eigenvalue weighted by atomic mass is 32.1. The molecule has 30 heavy (non-hydrogen) atoms. The minimum Gasteiger partial charge on any atom is -0.459 e. The molecule has 7 heteroatoms. The number of benzene rings is 1. The first kappa shape index (κ1) is 20.4. The molecule has 6 nitrogen and oxygen atoms in total. The number of hydrogen-bond donors (Lipinski definition) is 1. The number of piperazine rings is 1. The van der Waals surface area contributed by atoms with Crippen LogP contribution in [-0.2, 0) is 4.79 Å². The highest BCUT2D eigenvalue weighted by Crippen LogP contribution is 2.26. The molecule has 0 aliphatic carbocycles. The summed E-state index contributed by atoms with van der Waals surface area (Å²) in [5.41, 5.74) is 2.27. The van der Waals surface area contributed by atoms with E-state index in [4.69, 9.17) is 4.42 Å². The molecular weight excluding hydrogens is 398 g/mol. The third kappa shape index (κ3) is 4.80. The van der Waals surface area contributed by atoms with E-state index in [0.29, 0.717) is 38.5 Å². The van der Waals surface area contributed by atoms with Crippen molar-refractivity contribution < 1.29 is 14.0 Å². The molecule has 1 unspecified atom stereocenters. The second-order valence-corrected chi connectivity index (χ2v) is 8.45. The lowest BCUT2D eigenvalue weighted by Gasteiger charge is -2.34. The standard InChI is InChI=1S/C23H25N3O3S/c1-17-6-8-18(9-7-17)22(20-5-3-15-30-20)24-21(27)16-25-10-12-26(13-11-25)23(28)19-4-2-14-29-19/h2-9,14-15,22H,10-13,16H2,1H3,(H,24,27). The summed E-state index contributed by atoms with van der Waals surface area (Å²) in [5.74, 6) is 0.249. The summed E-state index contributed by atoms with van der Waals surface area (Å²) in [7, 11) is 0. The van der Waals surface area contributed by atoms with E-state index in [1.54, 1.807) is 28.4 Å². The Morgan fingerprint density at radius 2 is 1.83 bits per heavy atom. The highest BCUT2D eigenvalue weighted by Gasteiger charge is 2.25.